The van der Waals surface area contributed by atoms with Crippen molar-refractivity contribution in [3.05, 3.63) is 0 Å². The van der Waals surface area contributed by atoms with E-state index in [1.807, 2.05) is 13.8 Å². The van der Waals surface area contributed by atoms with Crippen LogP contribution in [-0.2, 0) is 9.53 Å². The quantitative estimate of drug-likeness (QED) is 0.485. The lowest BCUT2D eigenvalue weighted by molar-refractivity contribution is -0.144. The van der Waals surface area contributed by atoms with Crippen molar-refractivity contribution in [3.8, 4) is 0 Å². The third-order valence-electron chi connectivity index (χ3n) is 1.54. The molecule has 0 aliphatic carbocycles. The largest absolute Gasteiger partial charge is 0.464 e. The molecule has 0 saturated carbocycles. The van der Waals surface area contributed by atoms with Crippen LogP contribution in [0.25, 0.3) is 0 Å². The van der Waals surface area contributed by atoms with Crippen LogP contribution in [0.15, 0.2) is 0 Å². The molecule has 0 atom stereocenters. The molecule has 0 rings (SSSR count). The maximum atomic E-state index is 11.0. The number of hydrogen-bond acceptors (Lipinski definition) is 3. The molecule has 1 N–H and O–H groups in total. The van der Waals surface area contributed by atoms with Crippen LogP contribution in [0.5, 0.6) is 0 Å². The number of esters is 1. The first-order valence-electron chi connectivity index (χ1n) is 5.03. The van der Waals surface area contributed by atoms with Gasteiger partial charge in [0.25, 0.3) is 0 Å². The summed E-state index contributed by atoms with van der Waals surface area (Å²) in [4.78, 5) is 11.0. The van der Waals surface area contributed by atoms with E-state index in [0.29, 0.717) is 18.9 Å². The van der Waals surface area contributed by atoms with Gasteiger partial charge in [0.05, 0.1) is 0 Å². The molecule has 0 saturated heterocycles. The van der Waals surface area contributed by atoms with Crippen LogP contribution in [0.4, 0.5) is 0 Å². The Hall–Kier alpha value is -0.570. The summed E-state index contributed by atoms with van der Waals surface area (Å²) in [5.41, 5.74) is 0. The van der Waals surface area contributed by atoms with Gasteiger partial charge in [-0.05, 0) is 18.9 Å². The Kier molecular flexibility index (Phi) is 7.69. The molecular formula is C10H21NO2. The van der Waals surface area contributed by atoms with E-state index in [2.05, 4.69) is 12.2 Å². The first-order valence-corrected chi connectivity index (χ1v) is 5.03. The van der Waals surface area contributed by atoms with E-state index in [-0.39, 0.29) is 5.97 Å². The zero-order chi connectivity index (χ0) is 10.1. The first-order chi connectivity index (χ1) is 6.16. The van der Waals surface area contributed by atoms with Gasteiger partial charge in [-0.25, -0.2) is 0 Å². The van der Waals surface area contributed by atoms with Crippen molar-refractivity contribution in [2.24, 2.45) is 5.92 Å². The summed E-state index contributed by atoms with van der Waals surface area (Å²) in [6.07, 6.45) is 1.63. The summed E-state index contributed by atoms with van der Waals surface area (Å²) < 4.78 is 5.00. The van der Waals surface area contributed by atoms with Crippen molar-refractivity contribution in [2.45, 2.75) is 33.6 Å². The fourth-order valence-corrected chi connectivity index (χ4v) is 0.931. The molecule has 3 heteroatoms. The van der Waals surface area contributed by atoms with Gasteiger partial charge in [0.2, 0.25) is 0 Å². The van der Waals surface area contributed by atoms with E-state index < -0.39 is 0 Å². The van der Waals surface area contributed by atoms with E-state index in [4.69, 9.17) is 4.74 Å². The molecule has 0 aromatic heterocycles. The van der Waals surface area contributed by atoms with Crippen molar-refractivity contribution < 1.29 is 9.53 Å². The topological polar surface area (TPSA) is 38.3 Å². The second-order valence-electron chi connectivity index (χ2n) is 3.57. The third-order valence-corrected chi connectivity index (χ3v) is 1.54. The zero-order valence-electron chi connectivity index (χ0n) is 8.93. The number of carbonyl (C=O) groups excluding carboxylic acids is 1. The Morgan fingerprint density at radius 2 is 2.08 bits per heavy atom. The molecule has 3 nitrogen and oxygen atoms in total. The molecule has 0 radical (unpaired) electrons. The summed E-state index contributed by atoms with van der Waals surface area (Å²) in [5, 5.41) is 3.17. The van der Waals surface area contributed by atoms with Gasteiger partial charge in [-0.15, -0.1) is 0 Å². The molecule has 0 aromatic carbocycles. The average Bonchev–Trinajstić information content (AvgIpc) is 2.02. The van der Waals surface area contributed by atoms with E-state index in [1.54, 1.807) is 0 Å². The molecule has 0 spiro atoms. The van der Waals surface area contributed by atoms with Gasteiger partial charge in [-0.1, -0.05) is 20.8 Å². The number of ether oxygens (including phenoxy) is 1. The molecule has 0 heterocycles. The summed E-state index contributed by atoms with van der Waals surface area (Å²) in [7, 11) is 0. The van der Waals surface area contributed by atoms with Gasteiger partial charge in [-0.3, -0.25) is 4.79 Å². The van der Waals surface area contributed by atoms with E-state index in [1.165, 1.54) is 0 Å². The predicted molar refractivity (Wildman–Crippen MR) is 53.6 cm³/mol. The van der Waals surface area contributed by atoms with Gasteiger partial charge >= 0.3 is 5.97 Å². The zero-order valence-corrected chi connectivity index (χ0v) is 8.93. The average molecular weight is 187 g/mol. The monoisotopic (exact) mass is 187 g/mol. The maximum Gasteiger partial charge on any atom is 0.306 e. The summed E-state index contributed by atoms with van der Waals surface area (Å²) in [5.74, 6) is 0.296. The van der Waals surface area contributed by atoms with Crippen LogP contribution < -0.4 is 5.32 Å². The molecule has 0 bridgehead atoms. The minimum atomic E-state index is -0.0895. The minimum Gasteiger partial charge on any atom is -0.464 e. The predicted octanol–water partition coefficient (Wildman–Crippen LogP) is 1.58. The van der Waals surface area contributed by atoms with Gasteiger partial charge in [0.15, 0.2) is 0 Å². The van der Waals surface area contributed by atoms with Gasteiger partial charge in [0.1, 0.15) is 6.61 Å². The fourth-order valence-electron chi connectivity index (χ4n) is 0.931. The summed E-state index contributed by atoms with van der Waals surface area (Å²) >= 11 is 0. The lowest BCUT2D eigenvalue weighted by Gasteiger charge is -2.06. The number of carbonyl (C=O) groups is 1. The summed E-state index contributed by atoms with van der Waals surface area (Å²) in [6, 6.07) is 0. The molecular weight excluding hydrogens is 166 g/mol. The lowest BCUT2D eigenvalue weighted by Crippen LogP contribution is -2.22. The van der Waals surface area contributed by atoms with E-state index in [9.17, 15) is 4.79 Å². The first kappa shape index (κ1) is 12.4. The van der Waals surface area contributed by atoms with Crippen molar-refractivity contribution >= 4 is 5.97 Å². The Morgan fingerprint density at radius 3 is 2.62 bits per heavy atom. The van der Waals surface area contributed by atoms with Crippen molar-refractivity contribution in [1.29, 1.82) is 0 Å². The molecule has 13 heavy (non-hydrogen) atoms. The van der Waals surface area contributed by atoms with Crippen LogP contribution in [0, 0.1) is 5.92 Å². The molecule has 0 aliphatic rings. The summed E-state index contributed by atoms with van der Waals surface area (Å²) in [6.45, 7) is 8.37. The maximum absolute atomic E-state index is 11.0. The highest BCUT2D eigenvalue weighted by Crippen LogP contribution is 2.00. The fraction of sp³-hybridized carbons (Fsp3) is 0.900. The number of nitrogens with one attached hydrogen (secondary N) is 1. The van der Waals surface area contributed by atoms with Gasteiger partial charge in [-0.2, -0.15) is 0 Å². The van der Waals surface area contributed by atoms with Crippen LogP contribution in [0.3, 0.4) is 0 Å². The van der Waals surface area contributed by atoms with Crippen LogP contribution >= 0.6 is 0 Å². The standard InChI is InChI=1S/C10H21NO2/c1-4-5-11-6-7-13-10(12)8-9(2)3/h9,11H,4-8H2,1-3H3. The van der Waals surface area contributed by atoms with Crippen molar-refractivity contribution in [2.75, 3.05) is 19.7 Å². The molecule has 0 fully saturated rings. The highest BCUT2D eigenvalue weighted by molar-refractivity contribution is 5.69. The Morgan fingerprint density at radius 1 is 1.38 bits per heavy atom. The Balaban J connectivity index is 3.17. The molecule has 0 aliphatic heterocycles. The van der Waals surface area contributed by atoms with Crippen LogP contribution in [-0.4, -0.2) is 25.7 Å². The lowest BCUT2D eigenvalue weighted by atomic mass is 10.1. The van der Waals surface area contributed by atoms with Crippen LogP contribution in [0.1, 0.15) is 33.6 Å². The Bertz CT molecular complexity index is 135. The van der Waals surface area contributed by atoms with Crippen molar-refractivity contribution in [3.63, 3.8) is 0 Å². The number of hydrogen-bond donors (Lipinski definition) is 1. The molecule has 0 amide bonds. The smallest absolute Gasteiger partial charge is 0.306 e. The van der Waals surface area contributed by atoms with Gasteiger partial charge in [0, 0.05) is 13.0 Å². The molecule has 0 unspecified atom stereocenters. The number of rotatable bonds is 7. The van der Waals surface area contributed by atoms with E-state index in [0.717, 1.165) is 19.5 Å². The highest BCUT2D eigenvalue weighted by atomic mass is 16.5. The van der Waals surface area contributed by atoms with E-state index >= 15 is 0 Å². The SMILES string of the molecule is CCCNCCOC(=O)CC(C)C. The minimum absolute atomic E-state index is 0.0895. The van der Waals surface area contributed by atoms with Gasteiger partial charge < -0.3 is 10.1 Å². The van der Waals surface area contributed by atoms with Crippen molar-refractivity contribution in [1.82, 2.24) is 5.32 Å². The normalized spacial score (nSPS) is 10.5. The second-order valence-corrected chi connectivity index (χ2v) is 3.57. The molecule has 0 aromatic rings. The highest BCUT2D eigenvalue weighted by Gasteiger charge is 2.04. The third kappa shape index (κ3) is 9.34. The van der Waals surface area contributed by atoms with Crippen LogP contribution in [0.2, 0.25) is 0 Å². The molecule has 78 valence electrons. The Labute approximate surface area is 80.8 Å². The second kappa shape index (κ2) is 8.05.